The maximum atomic E-state index is 12.7. The van der Waals surface area contributed by atoms with Crippen molar-refractivity contribution in [2.24, 2.45) is 17.3 Å². The average molecular weight is 378 g/mol. The Balaban J connectivity index is 1.62. The molecule has 2 aliphatic rings. The Bertz CT molecular complexity index is 677. The fourth-order valence-corrected chi connectivity index (χ4v) is 5.03. The maximum absolute atomic E-state index is 12.7. The first-order chi connectivity index (χ1) is 12.3. The third-order valence-corrected chi connectivity index (χ3v) is 6.61. The van der Waals surface area contributed by atoms with Crippen LogP contribution in [0.25, 0.3) is 0 Å². The molecule has 0 saturated carbocycles. The van der Waals surface area contributed by atoms with Crippen LogP contribution in [0.2, 0.25) is 0 Å². The van der Waals surface area contributed by atoms with E-state index >= 15 is 0 Å². The molecule has 0 spiro atoms. The van der Waals surface area contributed by atoms with Crippen LogP contribution in [0, 0.1) is 17.3 Å². The van der Waals surface area contributed by atoms with E-state index in [0.29, 0.717) is 6.54 Å². The van der Waals surface area contributed by atoms with Gasteiger partial charge in [-0.05, 0) is 38.0 Å². The zero-order chi connectivity index (χ0) is 18.9. The van der Waals surface area contributed by atoms with Gasteiger partial charge in [-0.2, -0.15) is 0 Å². The van der Waals surface area contributed by atoms with Crippen molar-refractivity contribution in [2.45, 2.75) is 66.2 Å². The lowest BCUT2D eigenvalue weighted by Crippen LogP contribution is -2.47. The first kappa shape index (κ1) is 19.3. The lowest BCUT2D eigenvalue weighted by atomic mass is 9.89. The molecule has 2 atom stereocenters. The minimum Gasteiger partial charge on any atom is -0.341 e. The number of hydrogen-bond acceptors (Lipinski definition) is 4. The maximum Gasteiger partial charge on any atom is 0.231 e. The van der Waals surface area contributed by atoms with Crippen LogP contribution >= 0.6 is 11.3 Å². The second kappa shape index (κ2) is 7.67. The summed E-state index contributed by atoms with van der Waals surface area (Å²) in [6.45, 7) is 9.32. The number of nitrogens with one attached hydrogen (secondary N) is 1. The molecular weight excluding hydrogens is 346 g/mol. The van der Waals surface area contributed by atoms with Gasteiger partial charge in [0, 0.05) is 23.4 Å². The molecule has 1 aliphatic heterocycles. The number of aryl methyl sites for hydroxylation is 1. The summed E-state index contributed by atoms with van der Waals surface area (Å²) >= 11 is 1.63. The third-order valence-electron chi connectivity index (χ3n) is 5.57. The van der Waals surface area contributed by atoms with Crippen LogP contribution in [0.3, 0.4) is 0 Å². The molecule has 5 nitrogen and oxygen atoms in total. The van der Waals surface area contributed by atoms with Crippen molar-refractivity contribution >= 4 is 28.3 Å². The van der Waals surface area contributed by atoms with E-state index in [4.69, 9.17) is 0 Å². The molecule has 1 N–H and O–H groups in total. The Morgan fingerprint density at radius 1 is 1.31 bits per heavy atom. The number of fused-ring (bicyclic) bond motifs is 1. The van der Waals surface area contributed by atoms with Crippen molar-refractivity contribution in [3.63, 3.8) is 0 Å². The molecule has 26 heavy (non-hydrogen) atoms. The highest BCUT2D eigenvalue weighted by Crippen LogP contribution is 2.34. The monoisotopic (exact) mass is 377 g/mol. The summed E-state index contributed by atoms with van der Waals surface area (Å²) in [6.07, 6.45) is 6.25. The quantitative estimate of drug-likeness (QED) is 0.869. The number of thiazole rings is 1. The molecule has 1 aromatic rings. The summed E-state index contributed by atoms with van der Waals surface area (Å²) in [4.78, 5) is 33.1. The predicted molar refractivity (Wildman–Crippen MR) is 105 cm³/mol. The van der Waals surface area contributed by atoms with Crippen LogP contribution in [0.1, 0.15) is 63.9 Å². The first-order valence-electron chi connectivity index (χ1n) is 9.86. The van der Waals surface area contributed by atoms with Gasteiger partial charge >= 0.3 is 0 Å². The van der Waals surface area contributed by atoms with Gasteiger partial charge in [-0.15, -0.1) is 11.3 Å². The lowest BCUT2D eigenvalue weighted by molar-refractivity contribution is -0.142. The molecule has 2 unspecified atom stereocenters. The minimum atomic E-state index is -0.400. The number of piperidine rings is 1. The summed E-state index contributed by atoms with van der Waals surface area (Å²) in [7, 11) is 0. The van der Waals surface area contributed by atoms with E-state index in [2.05, 4.69) is 17.2 Å². The Labute approximate surface area is 160 Å². The SMILES string of the molecule is CCC1CCc2nc(NC(=O)C3CCCN(C(=O)C(C)(C)C)C3)sc2C1. The highest BCUT2D eigenvalue weighted by atomic mass is 32.1. The van der Waals surface area contributed by atoms with Gasteiger partial charge in [-0.3, -0.25) is 9.59 Å². The number of anilines is 1. The number of carbonyl (C=O) groups excluding carboxylic acids is 2. The number of carbonyl (C=O) groups is 2. The topological polar surface area (TPSA) is 62.3 Å². The van der Waals surface area contributed by atoms with Crippen molar-refractivity contribution in [1.29, 1.82) is 0 Å². The fourth-order valence-electron chi connectivity index (χ4n) is 3.90. The third kappa shape index (κ3) is 4.27. The number of amides is 2. The van der Waals surface area contributed by atoms with E-state index in [9.17, 15) is 9.59 Å². The molecular formula is C20H31N3O2S. The number of nitrogens with zero attached hydrogens (tertiary/aromatic N) is 2. The Hall–Kier alpha value is -1.43. The molecule has 2 amide bonds. The van der Waals surface area contributed by atoms with Crippen molar-refractivity contribution < 1.29 is 9.59 Å². The molecule has 144 valence electrons. The van der Waals surface area contributed by atoms with E-state index in [-0.39, 0.29) is 17.7 Å². The van der Waals surface area contributed by atoms with E-state index in [0.717, 1.165) is 43.3 Å². The molecule has 1 aromatic heterocycles. The Morgan fingerprint density at radius 3 is 2.77 bits per heavy atom. The van der Waals surface area contributed by atoms with Gasteiger partial charge in [-0.1, -0.05) is 34.1 Å². The second-order valence-corrected chi connectivity index (χ2v) is 9.82. The molecule has 2 heterocycles. The highest BCUT2D eigenvalue weighted by Gasteiger charge is 2.33. The summed E-state index contributed by atoms with van der Waals surface area (Å²) in [5.41, 5.74) is 0.769. The van der Waals surface area contributed by atoms with Crippen LogP contribution in [-0.2, 0) is 22.4 Å². The molecule has 1 fully saturated rings. The number of likely N-dealkylation sites (tertiary alicyclic amines) is 1. The van der Waals surface area contributed by atoms with Gasteiger partial charge in [0.1, 0.15) is 0 Å². The summed E-state index contributed by atoms with van der Waals surface area (Å²) in [5.74, 6) is 0.751. The summed E-state index contributed by atoms with van der Waals surface area (Å²) < 4.78 is 0. The van der Waals surface area contributed by atoms with Gasteiger partial charge in [0.2, 0.25) is 11.8 Å². The normalized spacial score (nSPS) is 23.5. The number of rotatable bonds is 3. The van der Waals surface area contributed by atoms with E-state index in [1.54, 1.807) is 11.3 Å². The highest BCUT2D eigenvalue weighted by molar-refractivity contribution is 7.15. The Morgan fingerprint density at radius 2 is 2.08 bits per heavy atom. The van der Waals surface area contributed by atoms with Gasteiger partial charge in [0.05, 0.1) is 11.6 Å². The van der Waals surface area contributed by atoms with Gasteiger partial charge in [0.25, 0.3) is 0 Å². The molecule has 1 aliphatic carbocycles. The zero-order valence-electron chi connectivity index (χ0n) is 16.4. The van der Waals surface area contributed by atoms with E-state index < -0.39 is 5.41 Å². The molecule has 0 bridgehead atoms. The number of hydrogen-bond donors (Lipinski definition) is 1. The van der Waals surface area contributed by atoms with Crippen molar-refractivity contribution in [1.82, 2.24) is 9.88 Å². The second-order valence-electron chi connectivity index (χ2n) is 8.74. The number of aromatic nitrogens is 1. The Kier molecular flexibility index (Phi) is 5.70. The summed E-state index contributed by atoms with van der Waals surface area (Å²) in [5, 5.41) is 3.76. The van der Waals surface area contributed by atoms with Crippen LogP contribution in [0.5, 0.6) is 0 Å². The van der Waals surface area contributed by atoms with E-state index in [1.807, 2.05) is 25.7 Å². The summed E-state index contributed by atoms with van der Waals surface area (Å²) in [6, 6.07) is 0. The van der Waals surface area contributed by atoms with Crippen LogP contribution in [-0.4, -0.2) is 34.8 Å². The molecule has 6 heteroatoms. The van der Waals surface area contributed by atoms with Crippen molar-refractivity contribution in [3.05, 3.63) is 10.6 Å². The largest absolute Gasteiger partial charge is 0.341 e. The molecule has 0 aromatic carbocycles. The van der Waals surface area contributed by atoms with Gasteiger partial charge in [-0.25, -0.2) is 4.98 Å². The molecule has 1 saturated heterocycles. The minimum absolute atomic E-state index is 0.00884. The van der Waals surface area contributed by atoms with Crippen LogP contribution in [0.15, 0.2) is 0 Å². The zero-order valence-corrected chi connectivity index (χ0v) is 17.2. The van der Waals surface area contributed by atoms with E-state index in [1.165, 1.54) is 23.4 Å². The van der Waals surface area contributed by atoms with Crippen molar-refractivity contribution in [2.75, 3.05) is 18.4 Å². The predicted octanol–water partition coefficient (Wildman–Crippen LogP) is 3.88. The molecule has 3 rings (SSSR count). The van der Waals surface area contributed by atoms with Gasteiger partial charge < -0.3 is 10.2 Å². The van der Waals surface area contributed by atoms with Crippen LogP contribution < -0.4 is 5.32 Å². The fraction of sp³-hybridized carbons (Fsp3) is 0.750. The average Bonchev–Trinajstić information content (AvgIpc) is 3.01. The van der Waals surface area contributed by atoms with Crippen molar-refractivity contribution in [3.8, 4) is 0 Å². The molecule has 0 radical (unpaired) electrons. The first-order valence-corrected chi connectivity index (χ1v) is 10.7. The lowest BCUT2D eigenvalue weighted by Gasteiger charge is -2.35. The van der Waals surface area contributed by atoms with Crippen LogP contribution in [0.4, 0.5) is 5.13 Å². The van der Waals surface area contributed by atoms with Gasteiger partial charge in [0.15, 0.2) is 5.13 Å². The smallest absolute Gasteiger partial charge is 0.231 e. The standard InChI is InChI=1S/C20H31N3O2S/c1-5-13-8-9-15-16(11-13)26-19(21-15)22-17(24)14-7-6-10-23(12-14)18(25)20(2,3)4/h13-14H,5-12H2,1-4H3,(H,21,22,24).